The van der Waals surface area contributed by atoms with Crippen LogP contribution in [0.15, 0.2) is 30.3 Å². The Kier molecular flexibility index (Phi) is 9.76. The fourth-order valence-corrected chi connectivity index (χ4v) is 3.57. The zero-order valence-corrected chi connectivity index (χ0v) is 17.7. The SMILES string of the molecule is CCOC(=O)[C@H](CCc1ccccc1)NC(C)C(=O)N1CCOCCC[C@H]1C(=O)O. The Morgan fingerprint density at radius 3 is 2.67 bits per heavy atom. The second-order valence-corrected chi connectivity index (χ2v) is 7.36. The van der Waals surface area contributed by atoms with Gasteiger partial charge in [-0.15, -0.1) is 0 Å². The van der Waals surface area contributed by atoms with Crippen molar-refractivity contribution in [3.05, 3.63) is 35.9 Å². The van der Waals surface area contributed by atoms with Gasteiger partial charge in [-0.25, -0.2) is 4.79 Å². The third-order valence-electron chi connectivity index (χ3n) is 5.14. The van der Waals surface area contributed by atoms with Crippen molar-refractivity contribution in [2.24, 2.45) is 0 Å². The molecule has 8 heteroatoms. The Morgan fingerprint density at radius 1 is 1.27 bits per heavy atom. The molecule has 30 heavy (non-hydrogen) atoms. The second kappa shape index (κ2) is 12.3. The molecule has 1 fully saturated rings. The van der Waals surface area contributed by atoms with E-state index in [1.54, 1.807) is 13.8 Å². The lowest BCUT2D eigenvalue weighted by atomic mass is 10.0. The zero-order chi connectivity index (χ0) is 21.9. The number of nitrogens with zero attached hydrogens (tertiary/aromatic N) is 1. The molecule has 1 unspecified atom stereocenters. The van der Waals surface area contributed by atoms with Crippen molar-refractivity contribution in [1.29, 1.82) is 0 Å². The lowest BCUT2D eigenvalue weighted by Gasteiger charge is -2.33. The van der Waals surface area contributed by atoms with E-state index in [2.05, 4.69) is 5.32 Å². The minimum atomic E-state index is -1.02. The molecule has 0 aromatic heterocycles. The number of benzene rings is 1. The average molecular weight is 421 g/mol. The number of rotatable bonds is 9. The van der Waals surface area contributed by atoms with Gasteiger partial charge < -0.3 is 19.5 Å². The second-order valence-electron chi connectivity index (χ2n) is 7.36. The highest BCUT2D eigenvalue weighted by molar-refractivity contribution is 5.87. The molecule has 166 valence electrons. The lowest BCUT2D eigenvalue weighted by Crippen LogP contribution is -2.56. The maximum Gasteiger partial charge on any atom is 0.326 e. The number of carboxylic acid groups (broad SMARTS) is 1. The Balaban J connectivity index is 2.07. The molecule has 2 N–H and O–H groups in total. The summed E-state index contributed by atoms with van der Waals surface area (Å²) < 4.78 is 10.6. The van der Waals surface area contributed by atoms with Crippen molar-refractivity contribution in [1.82, 2.24) is 10.2 Å². The highest BCUT2D eigenvalue weighted by Crippen LogP contribution is 2.14. The van der Waals surface area contributed by atoms with E-state index in [1.807, 2.05) is 30.3 Å². The summed E-state index contributed by atoms with van der Waals surface area (Å²) in [5.41, 5.74) is 1.08. The summed E-state index contributed by atoms with van der Waals surface area (Å²) in [4.78, 5) is 38.6. The number of aliphatic carboxylic acids is 1. The molecule has 0 radical (unpaired) electrons. The number of hydrogen-bond acceptors (Lipinski definition) is 6. The topological polar surface area (TPSA) is 105 Å². The van der Waals surface area contributed by atoms with Crippen molar-refractivity contribution < 1.29 is 29.0 Å². The van der Waals surface area contributed by atoms with Crippen LogP contribution < -0.4 is 5.32 Å². The molecule has 1 amide bonds. The predicted octanol–water partition coefficient (Wildman–Crippen LogP) is 1.62. The van der Waals surface area contributed by atoms with E-state index >= 15 is 0 Å². The van der Waals surface area contributed by atoms with Gasteiger partial charge in [-0.3, -0.25) is 14.9 Å². The lowest BCUT2D eigenvalue weighted by molar-refractivity contribution is -0.154. The van der Waals surface area contributed by atoms with E-state index in [1.165, 1.54) is 4.90 Å². The molecule has 1 aromatic rings. The van der Waals surface area contributed by atoms with Gasteiger partial charge in [0.1, 0.15) is 12.1 Å². The summed E-state index contributed by atoms with van der Waals surface area (Å²) in [6.07, 6.45) is 2.02. The van der Waals surface area contributed by atoms with Gasteiger partial charge in [0.15, 0.2) is 0 Å². The minimum Gasteiger partial charge on any atom is -0.480 e. The molecule has 0 spiro atoms. The molecular formula is C22H32N2O6. The molecule has 0 aliphatic carbocycles. The van der Waals surface area contributed by atoms with Crippen LogP contribution in [0, 0.1) is 0 Å². The molecule has 1 heterocycles. The summed E-state index contributed by atoms with van der Waals surface area (Å²) in [5.74, 6) is -1.80. The summed E-state index contributed by atoms with van der Waals surface area (Å²) in [6.45, 7) is 4.61. The first-order chi connectivity index (χ1) is 14.4. The minimum absolute atomic E-state index is 0.204. The van der Waals surface area contributed by atoms with Crippen molar-refractivity contribution >= 4 is 17.8 Å². The molecule has 3 atom stereocenters. The Hall–Kier alpha value is -2.45. The van der Waals surface area contributed by atoms with Gasteiger partial charge in [0, 0.05) is 13.2 Å². The third kappa shape index (κ3) is 7.11. The number of amides is 1. The Labute approximate surface area is 177 Å². The Morgan fingerprint density at radius 2 is 2.00 bits per heavy atom. The third-order valence-corrected chi connectivity index (χ3v) is 5.14. The number of carbonyl (C=O) groups excluding carboxylic acids is 2. The summed E-state index contributed by atoms with van der Waals surface area (Å²) in [7, 11) is 0. The van der Waals surface area contributed by atoms with E-state index in [-0.39, 0.29) is 25.7 Å². The van der Waals surface area contributed by atoms with Crippen LogP contribution in [-0.4, -0.2) is 72.3 Å². The number of carboxylic acids is 1. The average Bonchev–Trinajstić information content (AvgIpc) is 2.71. The number of ether oxygens (including phenoxy) is 2. The monoisotopic (exact) mass is 420 g/mol. The molecule has 1 aliphatic rings. The van der Waals surface area contributed by atoms with Crippen LogP contribution in [0.1, 0.15) is 38.7 Å². The zero-order valence-electron chi connectivity index (χ0n) is 17.7. The first-order valence-electron chi connectivity index (χ1n) is 10.5. The van der Waals surface area contributed by atoms with E-state index in [0.717, 1.165) is 5.56 Å². The molecule has 1 saturated heterocycles. The fraction of sp³-hybridized carbons (Fsp3) is 0.591. The predicted molar refractivity (Wildman–Crippen MR) is 111 cm³/mol. The van der Waals surface area contributed by atoms with Crippen LogP contribution in [0.4, 0.5) is 0 Å². The quantitative estimate of drug-likeness (QED) is 0.585. The van der Waals surface area contributed by atoms with Crippen LogP contribution in [0.25, 0.3) is 0 Å². The summed E-state index contributed by atoms with van der Waals surface area (Å²) in [5, 5.41) is 12.6. The van der Waals surface area contributed by atoms with Crippen LogP contribution >= 0.6 is 0 Å². The maximum absolute atomic E-state index is 13.1. The van der Waals surface area contributed by atoms with Gasteiger partial charge in [-0.2, -0.15) is 0 Å². The van der Waals surface area contributed by atoms with Crippen molar-refractivity contribution in [2.45, 2.75) is 57.7 Å². The smallest absolute Gasteiger partial charge is 0.326 e. The van der Waals surface area contributed by atoms with Crippen LogP contribution in [0.3, 0.4) is 0 Å². The summed E-state index contributed by atoms with van der Waals surface area (Å²) >= 11 is 0. The highest BCUT2D eigenvalue weighted by atomic mass is 16.5. The van der Waals surface area contributed by atoms with Crippen LogP contribution in [0.2, 0.25) is 0 Å². The standard InChI is InChI=1S/C22H32N2O6/c1-3-30-22(28)18(12-11-17-8-5-4-6-9-17)23-16(2)20(25)24-13-15-29-14-7-10-19(24)21(26)27/h4-6,8-9,16,18-19,23H,3,7,10-15H2,1-2H3,(H,26,27)/t16?,18-,19-/m0/s1. The number of nitrogens with one attached hydrogen (secondary N) is 1. The van der Waals surface area contributed by atoms with Crippen LogP contribution in [-0.2, 0) is 30.3 Å². The molecule has 1 aromatic carbocycles. The van der Waals surface area contributed by atoms with Crippen LogP contribution in [0.5, 0.6) is 0 Å². The van der Waals surface area contributed by atoms with Gasteiger partial charge in [0.25, 0.3) is 0 Å². The van der Waals surface area contributed by atoms with E-state index in [9.17, 15) is 19.5 Å². The van der Waals surface area contributed by atoms with Gasteiger partial charge in [-0.1, -0.05) is 30.3 Å². The number of carbonyl (C=O) groups is 3. The largest absolute Gasteiger partial charge is 0.480 e. The number of hydrogen-bond donors (Lipinski definition) is 2. The van der Waals surface area contributed by atoms with E-state index in [4.69, 9.17) is 9.47 Å². The number of esters is 1. The highest BCUT2D eigenvalue weighted by Gasteiger charge is 2.34. The maximum atomic E-state index is 13.1. The molecule has 2 rings (SSSR count). The van der Waals surface area contributed by atoms with Crippen molar-refractivity contribution in [2.75, 3.05) is 26.4 Å². The number of aryl methyl sites for hydroxylation is 1. The summed E-state index contributed by atoms with van der Waals surface area (Å²) in [6, 6.07) is 7.46. The van der Waals surface area contributed by atoms with Gasteiger partial charge in [-0.05, 0) is 45.1 Å². The van der Waals surface area contributed by atoms with Gasteiger partial charge in [0.05, 0.1) is 19.3 Å². The normalized spacial score (nSPS) is 19.3. The first kappa shape index (κ1) is 23.8. The Bertz CT molecular complexity index is 696. The van der Waals surface area contributed by atoms with Gasteiger partial charge in [0.2, 0.25) is 5.91 Å². The van der Waals surface area contributed by atoms with Gasteiger partial charge >= 0.3 is 11.9 Å². The molecule has 0 bridgehead atoms. The molecule has 0 saturated carbocycles. The molecule has 1 aliphatic heterocycles. The van der Waals surface area contributed by atoms with Crippen molar-refractivity contribution in [3.8, 4) is 0 Å². The fourth-order valence-electron chi connectivity index (χ4n) is 3.57. The van der Waals surface area contributed by atoms with E-state index < -0.39 is 30.1 Å². The molecular weight excluding hydrogens is 388 g/mol. The first-order valence-corrected chi connectivity index (χ1v) is 10.5. The van der Waals surface area contributed by atoms with E-state index in [0.29, 0.717) is 32.3 Å². The van der Waals surface area contributed by atoms with Crippen molar-refractivity contribution in [3.63, 3.8) is 0 Å². The molecule has 8 nitrogen and oxygen atoms in total.